The van der Waals surface area contributed by atoms with Gasteiger partial charge >= 0.3 is 0 Å². The average molecular weight is 239 g/mol. The van der Waals surface area contributed by atoms with Crippen LogP contribution >= 0.6 is 0 Å². The molecule has 0 radical (unpaired) electrons. The second-order valence-corrected chi connectivity index (χ2v) is 3.69. The first kappa shape index (κ1) is 12.0. The van der Waals surface area contributed by atoms with Crippen LogP contribution in [0.2, 0.25) is 0 Å². The van der Waals surface area contributed by atoms with E-state index in [2.05, 4.69) is 15.1 Å². The molecule has 0 saturated heterocycles. The Morgan fingerprint density at radius 3 is 2.83 bits per heavy atom. The molecule has 0 fully saturated rings. The molecule has 0 aliphatic carbocycles. The van der Waals surface area contributed by atoms with Gasteiger partial charge in [0.1, 0.15) is 0 Å². The number of hydrogen-bond donors (Lipinski definition) is 0. The summed E-state index contributed by atoms with van der Waals surface area (Å²) in [6, 6.07) is 9.98. The number of benzene rings is 1. The van der Waals surface area contributed by atoms with Crippen LogP contribution in [-0.4, -0.2) is 16.3 Å². The van der Waals surface area contributed by atoms with Crippen LogP contribution in [0.4, 0.5) is 0 Å². The van der Waals surface area contributed by atoms with Gasteiger partial charge in [-0.1, -0.05) is 29.4 Å². The van der Waals surface area contributed by atoms with E-state index in [0.29, 0.717) is 6.54 Å². The predicted molar refractivity (Wildman–Crippen MR) is 71.2 cm³/mol. The second kappa shape index (κ2) is 6.27. The molecule has 0 aliphatic heterocycles. The number of hydrogen-bond acceptors (Lipinski definition) is 2. The Hall–Kier alpha value is -2.52. The van der Waals surface area contributed by atoms with Crippen molar-refractivity contribution in [2.24, 2.45) is 5.11 Å². The highest BCUT2D eigenvalue weighted by atomic mass is 15.3. The van der Waals surface area contributed by atoms with Crippen LogP contribution in [0.25, 0.3) is 22.2 Å². The summed E-state index contributed by atoms with van der Waals surface area (Å²) in [5, 5.41) is 7.63. The molecule has 90 valence electrons. The molecule has 0 aliphatic rings. The third kappa shape index (κ3) is 3.23. The van der Waals surface area contributed by atoms with E-state index in [1.807, 2.05) is 53.4 Å². The summed E-state index contributed by atoms with van der Waals surface area (Å²) >= 11 is 0. The molecule has 5 heteroatoms. The Balaban J connectivity index is 1.97. The Labute approximate surface area is 105 Å². The van der Waals surface area contributed by atoms with Crippen molar-refractivity contribution in [2.45, 2.75) is 6.42 Å². The first-order valence-electron chi connectivity index (χ1n) is 5.67. The molecule has 0 saturated carbocycles. The number of nitrogens with zero attached hydrogens (tertiary/aromatic N) is 5. The Bertz CT molecular complexity index is 548. The van der Waals surface area contributed by atoms with Gasteiger partial charge in [0, 0.05) is 23.9 Å². The fourth-order valence-corrected chi connectivity index (χ4v) is 1.56. The van der Waals surface area contributed by atoms with Gasteiger partial charge in [-0.3, -0.25) is 0 Å². The van der Waals surface area contributed by atoms with Crippen LogP contribution in [0.3, 0.4) is 0 Å². The van der Waals surface area contributed by atoms with Crippen molar-refractivity contribution < 1.29 is 0 Å². The molecule has 1 heterocycles. The highest BCUT2D eigenvalue weighted by Gasteiger charge is 1.94. The van der Waals surface area contributed by atoms with Crippen LogP contribution in [0.5, 0.6) is 0 Å². The first-order chi connectivity index (χ1) is 8.90. The van der Waals surface area contributed by atoms with Crippen molar-refractivity contribution in [3.05, 3.63) is 64.8 Å². The number of azide groups is 1. The van der Waals surface area contributed by atoms with Crippen LogP contribution in [0.15, 0.2) is 53.9 Å². The van der Waals surface area contributed by atoms with Crippen molar-refractivity contribution in [3.8, 4) is 5.69 Å². The highest BCUT2D eigenvalue weighted by molar-refractivity contribution is 5.51. The van der Waals surface area contributed by atoms with Crippen LogP contribution in [0.1, 0.15) is 12.0 Å². The second-order valence-electron chi connectivity index (χ2n) is 3.69. The van der Waals surface area contributed by atoms with Crippen molar-refractivity contribution in [1.29, 1.82) is 0 Å². The maximum absolute atomic E-state index is 8.13. The fourth-order valence-electron chi connectivity index (χ4n) is 1.56. The van der Waals surface area contributed by atoms with E-state index in [9.17, 15) is 0 Å². The van der Waals surface area contributed by atoms with E-state index >= 15 is 0 Å². The maximum Gasteiger partial charge on any atom is 0.0645 e. The standard InChI is InChI=1S/C13H13N5/c14-17-15-9-2-1-4-12-5-7-13(8-6-12)18-11-3-10-16-18/h1,3-8,10-11H,2,9H2. The lowest BCUT2D eigenvalue weighted by Gasteiger charge is -2.01. The first-order valence-corrected chi connectivity index (χ1v) is 5.67. The van der Waals surface area contributed by atoms with E-state index in [0.717, 1.165) is 17.7 Å². The molecule has 1 aromatic heterocycles. The summed E-state index contributed by atoms with van der Waals surface area (Å²) in [5.74, 6) is 0. The zero-order chi connectivity index (χ0) is 12.6. The zero-order valence-electron chi connectivity index (χ0n) is 9.85. The minimum absolute atomic E-state index is 0.498. The van der Waals surface area contributed by atoms with Gasteiger partial charge in [-0.05, 0) is 35.7 Å². The van der Waals surface area contributed by atoms with E-state index < -0.39 is 0 Å². The Morgan fingerprint density at radius 1 is 1.33 bits per heavy atom. The van der Waals surface area contributed by atoms with Crippen LogP contribution in [0, 0.1) is 0 Å². The fraction of sp³-hybridized carbons (Fsp3) is 0.154. The summed E-state index contributed by atoms with van der Waals surface area (Å²) in [5.41, 5.74) is 10.3. The molecule has 0 N–H and O–H groups in total. The molecule has 0 unspecified atom stereocenters. The predicted octanol–water partition coefficient (Wildman–Crippen LogP) is 3.59. The summed E-state index contributed by atoms with van der Waals surface area (Å²) in [6.45, 7) is 0.498. The summed E-state index contributed by atoms with van der Waals surface area (Å²) in [4.78, 5) is 2.70. The molecule has 0 amide bonds. The third-order valence-corrected chi connectivity index (χ3v) is 2.43. The molecule has 2 rings (SSSR count). The van der Waals surface area contributed by atoms with Gasteiger partial charge in [-0.15, -0.1) is 0 Å². The normalized spacial score (nSPS) is 10.4. The lowest BCUT2D eigenvalue weighted by molar-refractivity contribution is 0.880. The molecule has 0 atom stereocenters. The van der Waals surface area contributed by atoms with Crippen molar-refractivity contribution in [2.75, 3.05) is 6.54 Å². The van der Waals surface area contributed by atoms with Gasteiger partial charge in [-0.25, -0.2) is 4.68 Å². The van der Waals surface area contributed by atoms with E-state index in [-0.39, 0.29) is 0 Å². The number of rotatable bonds is 5. The van der Waals surface area contributed by atoms with E-state index in [1.54, 1.807) is 6.20 Å². The molecular weight excluding hydrogens is 226 g/mol. The van der Waals surface area contributed by atoms with Crippen molar-refractivity contribution in [1.82, 2.24) is 9.78 Å². The molecule has 0 bridgehead atoms. The maximum atomic E-state index is 8.13. The number of aromatic nitrogens is 2. The minimum atomic E-state index is 0.498. The van der Waals surface area contributed by atoms with Gasteiger partial charge in [0.05, 0.1) is 5.69 Å². The zero-order valence-corrected chi connectivity index (χ0v) is 9.85. The molecule has 0 spiro atoms. The van der Waals surface area contributed by atoms with Gasteiger partial charge in [0.2, 0.25) is 0 Å². The molecule has 1 aromatic carbocycles. The van der Waals surface area contributed by atoms with Crippen molar-refractivity contribution >= 4 is 6.08 Å². The quantitative estimate of drug-likeness (QED) is 0.340. The van der Waals surface area contributed by atoms with Crippen LogP contribution < -0.4 is 0 Å². The Kier molecular flexibility index (Phi) is 4.16. The topological polar surface area (TPSA) is 66.6 Å². The lowest BCUT2D eigenvalue weighted by atomic mass is 10.2. The molecular formula is C13H13N5. The molecule has 5 nitrogen and oxygen atoms in total. The molecule has 18 heavy (non-hydrogen) atoms. The minimum Gasteiger partial charge on any atom is -0.241 e. The van der Waals surface area contributed by atoms with Gasteiger partial charge in [0.25, 0.3) is 0 Å². The average Bonchev–Trinajstić information content (AvgIpc) is 2.93. The largest absolute Gasteiger partial charge is 0.241 e. The molecule has 2 aromatic rings. The highest BCUT2D eigenvalue weighted by Crippen LogP contribution is 2.10. The van der Waals surface area contributed by atoms with Gasteiger partial charge in [0.15, 0.2) is 0 Å². The lowest BCUT2D eigenvalue weighted by Crippen LogP contribution is -1.93. The van der Waals surface area contributed by atoms with Crippen LogP contribution in [-0.2, 0) is 0 Å². The Morgan fingerprint density at radius 2 is 2.17 bits per heavy atom. The summed E-state index contributed by atoms with van der Waals surface area (Å²) in [7, 11) is 0. The van der Waals surface area contributed by atoms with Crippen molar-refractivity contribution in [3.63, 3.8) is 0 Å². The summed E-state index contributed by atoms with van der Waals surface area (Å²) in [6.07, 6.45) is 8.43. The smallest absolute Gasteiger partial charge is 0.0645 e. The van der Waals surface area contributed by atoms with Gasteiger partial charge in [-0.2, -0.15) is 5.10 Å². The SMILES string of the molecule is [N-]=[N+]=NCCC=Cc1ccc(-n2cccn2)cc1. The third-order valence-electron chi connectivity index (χ3n) is 2.43. The summed E-state index contributed by atoms with van der Waals surface area (Å²) < 4.78 is 1.81. The van der Waals surface area contributed by atoms with E-state index in [4.69, 9.17) is 5.53 Å². The van der Waals surface area contributed by atoms with E-state index in [1.165, 1.54) is 0 Å². The van der Waals surface area contributed by atoms with Gasteiger partial charge < -0.3 is 0 Å². The monoisotopic (exact) mass is 239 g/mol.